The second-order valence-corrected chi connectivity index (χ2v) is 5.25. The van der Waals surface area contributed by atoms with Gasteiger partial charge >= 0.3 is 0 Å². The van der Waals surface area contributed by atoms with Crippen LogP contribution in [0.5, 0.6) is 5.75 Å². The summed E-state index contributed by atoms with van der Waals surface area (Å²) >= 11 is 0. The number of ether oxygens (including phenoxy) is 1. The van der Waals surface area contributed by atoms with Crippen molar-refractivity contribution in [3.63, 3.8) is 0 Å². The fourth-order valence-electron chi connectivity index (χ4n) is 2.29. The first-order valence-corrected chi connectivity index (χ1v) is 7.94. The molecule has 0 fully saturated rings. The first kappa shape index (κ1) is 16.7. The fourth-order valence-corrected chi connectivity index (χ4v) is 2.29. The van der Waals surface area contributed by atoms with Gasteiger partial charge in [-0.25, -0.2) is 0 Å². The Morgan fingerprint density at radius 1 is 0.950 bits per heavy atom. The quantitative estimate of drug-likeness (QED) is 0.509. The number of carbonyl (C=O) groups excluding carboxylic acids is 1. The van der Waals surface area contributed by atoms with Gasteiger partial charge < -0.3 is 4.74 Å². The lowest BCUT2D eigenvalue weighted by molar-refractivity contribution is 0.302. The van der Waals surface area contributed by atoms with Crippen molar-refractivity contribution < 1.29 is 9.53 Å². The first-order chi connectivity index (χ1) is 9.88. The average molecular weight is 275 g/mol. The van der Waals surface area contributed by atoms with Crippen LogP contribution in [0.1, 0.15) is 63.9 Å². The van der Waals surface area contributed by atoms with Gasteiger partial charge in [-0.3, -0.25) is 4.79 Å². The highest BCUT2D eigenvalue weighted by Crippen LogP contribution is 2.18. The lowest BCUT2D eigenvalue weighted by Gasteiger charge is -2.09. The van der Waals surface area contributed by atoms with E-state index in [9.17, 15) is 4.79 Å². The standard InChI is InChI=1S/C18H27O2/c1-2-3-4-5-6-7-8-11-16-20-18-13-10-9-12-17(18)14-15-19/h9-10,12-13H,2-8,11,14,16H2,1H3. The van der Waals surface area contributed by atoms with Crippen LogP contribution in [0.3, 0.4) is 0 Å². The van der Waals surface area contributed by atoms with Crippen LogP contribution in [-0.4, -0.2) is 12.9 Å². The maximum atomic E-state index is 10.5. The van der Waals surface area contributed by atoms with Crippen LogP contribution < -0.4 is 4.74 Å². The minimum atomic E-state index is 0.313. The van der Waals surface area contributed by atoms with Crippen LogP contribution in [0.2, 0.25) is 0 Å². The molecule has 20 heavy (non-hydrogen) atoms. The number of hydrogen-bond acceptors (Lipinski definition) is 2. The van der Waals surface area contributed by atoms with E-state index in [1.807, 2.05) is 30.6 Å². The number of hydrogen-bond donors (Lipinski definition) is 0. The van der Waals surface area contributed by atoms with Gasteiger partial charge in [0.2, 0.25) is 6.29 Å². The van der Waals surface area contributed by atoms with Crippen LogP contribution in [0.25, 0.3) is 0 Å². The highest BCUT2D eigenvalue weighted by Gasteiger charge is 2.02. The molecule has 0 atom stereocenters. The van der Waals surface area contributed by atoms with E-state index >= 15 is 0 Å². The largest absolute Gasteiger partial charge is 0.493 e. The molecular weight excluding hydrogens is 248 g/mol. The van der Waals surface area contributed by atoms with Crippen LogP contribution in [0.15, 0.2) is 24.3 Å². The molecule has 1 rings (SSSR count). The molecule has 0 unspecified atom stereocenters. The molecule has 1 radical (unpaired) electrons. The van der Waals surface area contributed by atoms with Crippen molar-refractivity contribution in [1.29, 1.82) is 0 Å². The summed E-state index contributed by atoms with van der Waals surface area (Å²) in [6.45, 7) is 2.99. The van der Waals surface area contributed by atoms with E-state index in [0.717, 1.165) is 24.3 Å². The van der Waals surface area contributed by atoms with E-state index < -0.39 is 0 Å². The molecule has 0 aliphatic rings. The summed E-state index contributed by atoms with van der Waals surface area (Å²) in [5.41, 5.74) is 0.932. The van der Waals surface area contributed by atoms with Gasteiger partial charge in [0, 0.05) is 12.0 Å². The molecule has 1 aromatic rings. The molecule has 0 N–H and O–H groups in total. The number of benzene rings is 1. The average Bonchev–Trinajstić information content (AvgIpc) is 2.47. The maximum absolute atomic E-state index is 10.5. The Bertz CT molecular complexity index is 360. The van der Waals surface area contributed by atoms with Crippen molar-refractivity contribution in [2.45, 2.75) is 64.7 Å². The Hall–Kier alpha value is -1.31. The third-order valence-electron chi connectivity index (χ3n) is 3.49. The Morgan fingerprint density at radius 3 is 2.30 bits per heavy atom. The number of unbranched alkanes of at least 4 members (excludes halogenated alkanes) is 7. The minimum Gasteiger partial charge on any atom is -0.493 e. The highest BCUT2D eigenvalue weighted by molar-refractivity contribution is 5.58. The predicted molar refractivity (Wildman–Crippen MR) is 83.9 cm³/mol. The van der Waals surface area contributed by atoms with Crippen molar-refractivity contribution in [2.75, 3.05) is 6.61 Å². The fraction of sp³-hybridized carbons (Fsp3) is 0.611. The molecule has 2 heteroatoms. The Labute approximate surface area is 123 Å². The summed E-state index contributed by atoms with van der Waals surface area (Å²) in [4.78, 5) is 10.5. The Morgan fingerprint density at radius 2 is 1.60 bits per heavy atom. The van der Waals surface area contributed by atoms with E-state index in [0.29, 0.717) is 6.42 Å². The van der Waals surface area contributed by atoms with Gasteiger partial charge in [-0.15, -0.1) is 0 Å². The molecule has 0 aliphatic carbocycles. The van der Waals surface area contributed by atoms with E-state index in [2.05, 4.69) is 6.92 Å². The molecule has 0 saturated carbocycles. The SMILES string of the molecule is CCCCCCCCCCOc1ccccc1C[C]=O. The molecule has 111 valence electrons. The van der Waals surface area contributed by atoms with Gasteiger partial charge in [-0.1, -0.05) is 70.1 Å². The van der Waals surface area contributed by atoms with Gasteiger partial charge in [0.1, 0.15) is 5.75 Å². The van der Waals surface area contributed by atoms with Crippen molar-refractivity contribution in [3.8, 4) is 5.75 Å². The first-order valence-electron chi connectivity index (χ1n) is 7.94. The summed E-state index contributed by atoms with van der Waals surface area (Å²) in [5.74, 6) is 0.832. The van der Waals surface area contributed by atoms with E-state index in [-0.39, 0.29) is 0 Å². The van der Waals surface area contributed by atoms with Crippen LogP contribution in [0, 0.1) is 0 Å². The molecule has 2 nitrogen and oxygen atoms in total. The minimum absolute atomic E-state index is 0.313. The molecule has 0 aliphatic heterocycles. The zero-order valence-electron chi connectivity index (χ0n) is 12.7. The second kappa shape index (κ2) is 11.5. The van der Waals surface area contributed by atoms with Crippen molar-refractivity contribution >= 4 is 6.29 Å². The predicted octanol–water partition coefficient (Wildman–Crippen LogP) is 4.86. The van der Waals surface area contributed by atoms with Crippen molar-refractivity contribution in [1.82, 2.24) is 0 Å². The van der Waals surface area contributed by atoms with E-state index in [1.165, 1.54) is 44.9 Å². The number of para-hydroxylation sites is 1. The monoisotopic (exact) mass is 275 g/mol. The van der Waals surface area contributed by atoms with Gasteiger partial charge in [0.25, 0.3) is 0 Å². The third-order valence-corrected chi connectivity index (χ3v) is 3.49. The van der Waals surface area contributed by atoms with Crippen molar-refractivity contribution in [2.24, 2.45) is 0 Å². The van der Waals surface area contributed by atoms with Crippen molar-refractivity contribution in [3.05, 3.63) is 29.8 Å². The molecule has 0 bridgehead atoms. The maximum Gasteiger partial charge on any atom is 0.203 e. The molecule has 0 amide bonds. The smallest absolute Gasteiger partial charge is 0.203 e. The zero-order valence-corrected chi connectivity index (χ0v) is 12.7. The number of rotatable bonds is 12. The molecule has 0 saturated heterocycles. The topological polar surface area (TPSA) is 26.3 Å². The Kier molecular flexibility index (Phi) is 9.64. The van der Waals surface area contributed by atoms with Gasteiger partial charge in [0.05, 0.1) is 6.61 Å². The van der Waals surface area contributed by atoms with Gasteiger partial charge in [-0.05, 0) is 12.5 Å². The second-order valence-electron chi connectivity index (χ2n) is 5.25. The summed E-state index contributed by atoms with van der Waals surface area (Å²) in [6, 6.07) is 7.72. The van der Waals surface area contributed by atoms with Crippen LogP contribution >= 0.6 is 0 Å². The summed E-state index contributed by atoms with van der Waals surface area (Å²) in [5, 5.41) is 0. The molecular formula is C18H27O2. The normalized spacial score (nSPS) is 10.4. The molecule has 0 aromatic heterocycles. The summed E-state index contributed by atoms with van der Waals surface area (Å²) in [6.07, 6.45) is 12.6. The third kappa shape index (κ3) is 7.32. The molecule has 0 spiro atoms. The molecule has 0 heterocycles. The summed E-state index contributed by atoms with van der Waals surface area (Å²) in [7, 11) is 0. The highest BCUT2D eigenvalue weighted by atomic mass is 16.5. The Balaban J connectivity index is 2.08. The molecule has 1 aromatic carbocycles. The summed E-state index contributed by atoms with van der Waals surface area (Å²) < 4.78 is 5.76. The van der Waals surface area contributed by atoms with E-state index in [1.54, 1.807) is 0 Å². The van der Waals surface area contributed by atoms with Gasteiger partial charge in [-0.2, -0.15) is 0 Å². The zero-order chi connectivity index (χ0) is 14.5. The van der Waals surface area contributed by atoms with Crippen LogP contribution in [0.4, 0.5) is 0 Å². The van der Waals surface area contributed by atoms with Crippen LogP contribution in [-0.2, 0) is 11.2 Å². The lowest BCUT2D eigenvalue weighted by Crippen LogP contribution is -2.00. The van der Waals surface area contributed by atoms with E-state index in [4.69, 9.17) is 4.74 Å². The van der Waals surface area contributed by atoms with Gasteiger partial charge in [0.15, 0.2) is 0 Å². The lowest BCUT2D eigenvalue weighted by atomic mass is 10.1.